The summed E-state index contributed by atoms with van der Waals surface area (Å²) in [5.74, 6) is 0.613. The molecule has 0 radical (unpaired) electrons. The maximum absolute atomic E-state index is 13.6. The fraction of sp³-hybridized carbons (Fsp3) is 0.571. The number of hydrogen-bond donors (Lipinski definition) is 0. The summed E-state index contributed by atoms with van der Waals surface area (Å²) in [7, 11) is 2.00. The SMILES string of the molecule is CC(C)CC(C)N(C)c1cccc(F)c1CCl. The van der Waals surface area contributed by atoms with Crippen LogP contribution in [0, 0.1) is 11.7 Å². The van der Waals surface area contributed by atoms with Crippen molar-refractivity contribution in [1.29, 1.82) is 0 Å². The van der Waals surface area contributed by atoms with E-state index in [2.05, 4.69) is 25.7 Å². The molecule has 0 aliphatic carbocycles. The first-order chi connectivity index (χ1) is 7.97. The van der Waals surface area contributed by atoms with Gasteiger partial charge in [0.1, 0.15) is 5.82 Å². The number of benzene rings is 1. The molecule has 17 heavy (non-hydrogen) atoms. The number of halogens is 2. The fourth-order valence-corrected chi connectivity index (χ4v) is 2.35. The highest BCUT2D eigenvalue weighted by molar-refractivity contribution is 6.17. The molecule has 0 N–H and O–H groups in total. The van der Waals surface area contributed by atoms with Crippen LogP contribution in [0.2, 0.25) is 0 Å². The van der Waals surface area contributed by atoms with Crippen LogP contribution in [0.3, 0.4) is 0 Å². The molecule has 1 aromatic carbocycles. The Morgan fingerprint density at radius 2 is 1.94 bits per heavy atom. The Morgan fingerprint density at radius 3 is 2.47 bits per heavy atom. The first-order valence-corrected chi connectivity index (χ1v) is 6.57. The number of alkyl halides is 1. The molecule has 0 aliphatic rings. The van der Waals surface area contributed by atoms with Gasteiger partial charge in [-0.15, -0.1) is 11.6 Å². The average molecular weight is 258 g/mol. The van der Waals surface area contributed by atoms with Gasteiger partial charge in [0.15, 0.2) is 0 Å². The Morgan fingerprint density at radius 1 is 1.29 bits per heavy atom. The summed E-state index contributed by atoms with van der Waals surface area (Å²) in [6, 6.07) is 5.50. The van der Waals surface area contributed by atoms with Gasteiger partial charge in [-0.1, -0.05) is 19.9 Å². The van der Waals surface area contributed by atoms with Crippen LogP contribution in [0.4, 0.5) is 10.1 Å². The van der Waals surface area contributed by atoms with E-state index < -0.39 is 0 Å². The Labute approximate surface area is 109 Å². The zero-order valence-electron chi connectivity index (χ0n) is 11.0. The third-order valence-corrected chi connectivity index (χ3v) is 3.35. The Balaban J connectivity index is 2.95. The molecule has 0 aliphatic heterocycles. The van der Waals surface area contributed by atoms with Crippen molar-refractivity contribution in [3.05, 3.63) is 29.6 Å². The van der Waals surface area contributed by atoms with E-state index in [0.29, 0.717) is 17.5 Å². The molecule has 1 aromatic rings. The molecular formula is C14H21ClFN. The summed E-state index contributed by atoms with van der Waals surface area (Å²) in [5, 5.41) is 0. The summed E-state index contributed by atoms with van der Waals surface area (Å²) in [4.78, 5) is 2.11. The van der Waals surface area contributed by atoms with Gasteiger partial charge < -0.3 is 4.90 Å². The van der Waals surface area contributed by atoms with Gasteiger partial charge in [0.2, 0.25) is 0 Å². The van der Waals surface area contributed by atoms with Crippen LogP contribution in [0.15, 0.2) is 18.2 Å². The van der Waals surface area contributed by atoms with Gasteiger partial charge in [-0.25, -0.2) is 4.39 Å². The third-order valence-electron chi connectivity index (χ3n) is 3.08. The molecule has 3 heteroatoms. The van der Waals surface area contributed by atoms with Crippen molar-refractivity contribution in [2.24, 2.45) is 5.92 Å². The summed E-state index contributed by atoms with van der Waals surface area (Å²) in [5.41, 5.74) is 1.49. The van der Waals surface area contributed by atoms with E-state index in [1.165, 1.54) is 6.07 Å². The highest BCUT2D eigenvalue weighted by Crippen LogP contribution is 2.26. The second-order valence-electron chi connectivity index (χ2n) is 4.96. The van der Waals surface area contributed by atoms with Crippen LogP contribution in [-0.2, 0) is 5.88 Å². The predicted octanol–water partition coefficient (Wildman–Crippen LogP) is 4.44. The number of hydrogen-bond acceptors (Lipinski definition) is 1. The third kappa shape index (κ3) is 3.60. The molecule has 0 saturated heterocycles. The van der Waals surface area contributed by atoms with Crippen molar-refractivity contribution in [2.75, 3.05) is 11.9 Å². The average Bonchev–Trinajstić information content (AvgIpc) is 2.26. The van der Waals surface area contributed by atoms with Crippen LogP contribution >= 0.6 is 11.6 Å². The quantitative estimate of drug-likeness (QED) is 0.705. The summed E-state index contributed by atoms with van der Waals surface area (Å²) < 4.78 is 13.6. The van der Waals surface area contributed by atoms with Gasteiger partial charge in [-0.05, 0) is 31.4 Å². The van der Waals surface area contributed by atoms with E-state index in [-0.39, 0.29) is 11.7 Å². The van der Waals surface area contributed by atoms with E-state index in [0.717, 1.165) is 12.1 Å². The summed E-state index contributed by atoms with van der Waals surface area (Å²) in [6.45, 7) is 6.54. The smallest absolute Gasteiger partial charge is 0.129 e. The van der Waals surface area contributed by atoms with E-state index in [1.807, 2.05) is 13.1 Å². The zero-order valence-corrected chi connectivity index (χ0v) is 11.8. The van der Waals surface area contributed by atoms with Crippen molar-refractivity contribution < 1.29 is 4.39 Å². The van der Waals surface area contributed by atoms with Gasteiger partial charge in [0.05, 0.1) is 5.88 Å². The molecule has 0 bridgehead atoms. The second kappa shape index (κ2) is 6.25. The van der Waals surface area contributed by atoms with Crippen LogP contribution in [-0.4, -0.2) is 13.1 Å². The van der Waals surface area contributed by atoms with Crippen molar-refractivity contribution in [3.63, 3.8) is 0 Å². The molecule has 96 valence electrons. The molecule has 0 aromatic heterocycles. The molecule has 0 spiro atoms. The largest absolute Gasteiger partial charge is 0.372 e. The molecule has 1 unspecified atom stereocenters. The monoisotopic (exact) mass is 257 g/mol. The Bertz CT molecular complexity index is 365. The molecule has 0 saturated carbocycles. The molecule has 0 amide bonds. The first-order valence-electron chi connectivity index (χ1n) is 6.03. The second-order valence-corrected chi connectivity index (χ2v) is 5.23. The van der Waals surface area contributed by atoms with Gasteiger partial charge >= 0.3 is 0 Å². The van der Waals surface area contributed by atoms with Crippen LogP contribution in [0.25, 0.3) is 0 Å². The number of anilines is 1. The normalized spacial score (nSPS) is 12.9. The van der Waals surface area contributed by atoms with Crippen molar-refractivity contribution in [2.45, 2.75) is 39.1 Å². The minimum atomic E-state index is -0.221. The number of rotatable bonds is 5. The van der Waals surface area contributed by atoms with Crippen molar-refractivity contribution >= 4 is 17.3 Å². The molecule has 0 fully saturated rings. The minimum Gasteiger partial charge on any atom is -0.372 e. The highest BCUT2D eigenvalue weighted by atomic mass is 35.5. The predicted molar refractivity (Wildman–Crippen MR) is 73.3 cm³/mol. The topological polar surface area (TPSA) is 3.24 Å². The van der Waals surface area contributed by atoms with Crippen molar-refractivity contribution in [3.8, 4) is 0 Å². The Hall–Kier alpha value is -0.760. The highest BCUT2D eigenvalue weighted by Gasteiger charge is 2.16. The lowest BCUT2D eigenvalue weighted by Crippen LogP contribution is -2.31. The van der Waals surface area contributed by atoms with Gasteiger partial charge in [-0.2, -0.15) is 0 Å². The Kier molecular flexibility index (Phi) is 5.26. The minimum absolute atomic E-state index is 0.209. The summed E-state index contributed by atoms with van der Waals surface area (Å²) in [6.07, 6.45) is 1.08. The lowest BCUT2D eigenvalue weighted by Gasteiger charge is -2.30. The van der Waals surface area contributed by atoms with Crippen LogP contribution in [0.5, 0.6) is 0 Å². The first kappa shape index (κ1) is 14.3. The maximum atomic E-state index is 13.6. The van der Waals surface area contributed by atoms with Crippen molar-refractivity contribution in [1.82, 2.24) is 0 Å². The summed E-state index contributed by atoms with van der Waals surface area (Å²) >= 11 is 5.83. The van der Waals surface area contributed by atoms with Gasteiger partial charge in [-0.3, -0.25) is 0 Å². The van der Waals surface area contributed by atoms with E-state index in [1.54, 1.807) is 6.07 Å². The lowest BCUT2D eigenvalue weighted by molar-refractivity contribution is 0.502. The molecular weight excluding hydrogens is 237 g/mol. The molecule has 1 rings (SSSR count). The van der Waals surface area contributed by atoms with Gasteiger partial charge in [0, 0.05) is 24.3 Å². The van der Waals surface area contributed by atoms with Gasteiger partial charge in [0.25, 0.3) is 0 Å². The molecule has 1 atom stereocenters. The molecule has 1 nitrogen and oxygen atoms in total. The zero-order chi connectivity index (χ0) is 13.0. The lowest BCUT2D eigenvalue weighted by atomic mass is 10.0. The standard InChI is InChI=1S/C14H21ClFN/c1-10(2)8-11(3)17(4)14-7-5-6-13(16)12(14)9-15/h5-7,10-11H,8-9H2,1-4H3. The van der Waals surface area contributed by atoms with Crippen LogP contribution in [0.1, 0.15) is 32.8 Å². The number of nitrogens with zero attached hydrogens (tertiary/aromatic N) is 1. The fourth-order valence-electron chi connectivity index (χ4n) is 2.09. The van der Waals surface area contributed by atoms with E-state index >= 15 is 0 Å². The van der Waals surface area contributed by atoms with E-state index in [9.17, 15) is 4.39 Å². The van der Waals surface area contributed by atoms with E-state index in [4.69, 9.17) is 11.6 Å². The maximum Gasteiger partial charge on any atom is 0.129 e. The molecule has 0 heterocycles. The van der Waals surface area contributed by atoms with Crippen LogP contribution < -0.4 is 4.90 Å².